The van der Waals surface area contributed by atoms with Crippen LogP contribution >= 0.6 is 0 Å². The molecule has 4 nitrogen and oxygen atoms in total. The Bertz CT molecular complexity index is 466. The Morgan fingerprint density at radius 1 is 1.20 bits per heavy atom. The molecule has 3 atom stereocenters. The van der Waals surface area contributed by atoms with Crippen LogP contribution in [0.2, 0.25) is 0 Å². The van der Waals surface area contributed by atoms with Crippen molar-refractivity contribution in [1.82, 2.24) is 4.31 Å². The maximum Gasteiger partial charge on any atom is 0.214 e. The lowest BCUT2D eigenvalue weighted by atomic mass is 9.93. The molecule has 0 aromatic rings. The van der Waals surface area contributed by atoms with Gasteiger partial charge in [-0.1, -0.05) is 19.1 Å². The Hall–Kier alpha value is -0.390. The molecule has 2 aliphatic carbocycles. The maximum atomic E-state index is 12.0. The topological polar surface area (TPSA) is 41.8 Å². The minimum Gasteiger partial charge on any atom is -0.333 e. The highest BCUT2D eigenvalue weighted by atomic mass is 32.2. The van der Waals surface area contributed by atoms with E-state index in [1.165, 1.54) is 19.4 Å². The number of quaternary nitrogens is 1. The van der Waals surface area contributed by atoms with E-state index in [-0.39, 0.29) is 0 Å². The Morgan fingerprint density at radius 3 is 2.50 bits per heavy atom. The third kappa shape index (κ3) is 2.95. The first kappa shape index (κ1) is 14.5. The van der Waals surface area contributed by atoms with Gasteiger partial charge in [0.1, 0.15) is 0 Å². The zero-order valence-corrected chi connectivity index (χ0v) is 13.2. The van der Waals surface area contributed by atoms with Crippen LogP contribution in [0.1, 0.15) is 26.2 Å². The molecule has 2 bridgehead atoms. The third-order valence-electron chi connectivity index (χ3n) is 5.25. The van der Waals surface area contributed by atoms with Gasteiger partial charge in [-0.3, -0.25) is 0 Å². The number of hydrogen-bond acceptors (Lipinski definition) is 2. The first-order chi connectivity index (χ1) is 9.58. The molecule has 2 fully saturated rings. The molecule has 0 radical (unpaired) electrons. The van der Waals surface area contributed by atoms with Crippen molar-refractivity contribution in [2.24, 2.45) is 17.8 Å². The Labute approximate surface area is 122 Å². The second-order valence-corrected chi connectivity index (χ2v) is 8.80. The van der Waals surface area contributed by atoms with Crippen molar-refractivity contribution < 1.29 is 13.3 Å². The van der Waals surface area contributed by atoms with Gasteiger partial charge in [0.2, 0.25) is 10.0 Å². The van der Waals surface area contributed by atoms with E-state index in [0.717, 1.165) is 30.8 Å². The van der Waals surface area contributed by atoms with Crippen molar-refractivity contribution >= 4 is 10.0 Å². The van der Waals surface area contributed by atoms with Crippen LogP contribution in [0.4, 0.5) is 0 Å². The van der Waals surface area contributed by atoms with Crippen LogP contribution in [0.5, 0.6) is 0 Å². The molecule has 3 rings (SSSR count). The summed E-state index contributed by atoms with van der Waals surface area (Å²) in [5.74, 6) is 2.81. The number of piperazine rings is 1. The fourth-order valence-electron chi connectivity index (χ4n) is 4.17. The number of hydrogen-bond donors (Lipinski definition) is 1. The standard InChI is InChI=1S/C15H26N2O2S/c1-2-9-20(18,19)17-7-5-16(6-8-17)12-15-11-13-3-4-14(15)10-13/h3-4,13-15H,2,5-12H2,1H3/p+1. The van der Waals surface area contributed by atoms with Gasteiger partial charge < -0.3 is 4.90 Å². The van der Waals surface area contributed by atoms with E-state index < -0.39 is 10.0 Å². The Balaban J connectivity index is 1.48. The van der Waals surface area contributed by atoms with Gasteiger partial charge in [0.05, 0.1) is 38.5 Å². The summed E-state index contributed by atoms with van der Waals surface area (Å²) in [4.78, 5) is 1.61. The van der Waals surface area contributed by atoms with Gasteiger partial charge in [-0.05, 0) is 31.1 Å². The molecule has 1 saturated carbocycles. The predicted octanol–water partition coefficient (Wildman–Crippen LogP) is 0.139. The minimum atomic E-state index is -2.98. The summed E-state index contributed by atoms with van der Waals surface area (Å²) >= 11 is 0. The average molecular weight is 299 g/mol. The van der Waals surface area contributed by atoms with E-state index in [9.17, 15) is 8.42 Å². The molecular formula is C15H27N2O2S+. The van der Waals surface area contributed by atoms with E-state index in [2.05, 4.69) is 12.2 Å². The second-order valence-electron chi connectivity index (χ2n) is 6.71. The Morgan fingerprint density at radius 2 is 1.95 bits per heavy atom. The SMILES string of the molecule is CCCS(=O)(=O)N1CC[NH+](CC2CC3C=CC2C3)CC1. The smallest absolute Gasteiger partial charge is 0.214 e. The van der Waals surface area contributed by atoms with Gasteiger partial charge in [-0.25, -0.2) is 8.42 Å². The fourth-order valence-corrected chi connectivity index (χ4v) is 5.68. The van der Waals surface area contributed by atoms with Crippen LogP contribution in [-0.2, 0) is 10.0 Å². The molecule has 5 heteroatoms. The molecule has 0 aromatic carbocycles. The van der Waals surface area contributed by atoms with Crippen LogP contribution in [0.25, 0.3) is 0 Å². The zero-order valence-electron chi connectivity index (χ0n) is 12.4. The quantitative estimate of drug-likeness (QED) is 0.734. The number of allylic oxidation sites excluding steroid dienone is 2. The molecule has 1 N–H and O–H groups in total. The van der Waals surface area contributed by atoms with Crippen LogP contribution in [0, 0.1) is 17.8 Å². The van der Waals surface area contributed by atoms with Gasteiger partial charge in [-0.2, -0.15) is 4.31 Å². The average Bonchev–Trinajstić information content (AvgIpc) is 3.01. The number of fused-ring (bicyclic) bond motifs is 2. The largest absolute Gasteiger partial charge is 0.333 e. The van der Waals surface area contributed by atoms with Gasteiger partial charge in [0.25, 0.3) is 0 Å². The summed E-state index contributed by atoms with van der Waals surface area (Å²) < 4.78 is 25.8. The Kier molecular flexibility index (Phi) is 4.20. The molecule has 0 spiro atoms. The van der Waals surface area contributed by atoms with Crippen molar-refractivity contribution in [3.8, 4) is 0 Å². The molecule has 1 aliphatic heterocycles. The van der Waals surface area contributed by atoms with Crippen molar-refractivity contribution in [3.63, 3.8) is 0 Å². The van der Waals surface area contributed by atoms with Gasteiger partial charge in [-0.15, -0.1) is 0 Å². The molecule has 3 aliphatic rings. The van der Waals surface area contributed by atoms with Gasteiger partial charge in [0, 0.05) is 5.92 Å². The summed E-state index contributed by atoms with van der Waals surface area (Å²) in [6.07, 6.45) is 8.26. The lowest BCUT2D eigenvalue weighted by molar-refractivity contribution is -0.907. The number of sulfonamides is 1. The fraction of sp³-hybridized carbons (Fsp3) is 0.867. The van der Waals surface area contributed by atoms with Crippen molar-refractivity contribution in [2.75, 3.05) is 38.5 Å². The van der Waals surface area contributed by atoms with Gasteiger partial charge in [0.15, 0.2) is 0 Å². The molecular weight excluding hydrogens is 272 g/mol. The first-order valence-electron chi connectivity index (χ1n) is 8.08. The molecule has 3 unspecified atom stereocenters. The summed E-state index contributed by atoms with van der Waals surface area (Å²) in [7, 11) is -2.98. The minimum absolute atomic E-state index is 0.305. The van der Waals surface area contributed by atoms with E-state index in [0.29, 0.717) is 25.3 Å². The molecule has 114 valence electrons. The van der Waals surface area contributed by atoms with Crippen LogP contribution < -0.4 is 4.90 Å². The maximum absolute atomic E-state index is 12.0. The lowest BCUT2D eigenvalue weighted by Gasteiger charge is -2.33. The summed E-state index contributed by atoms with van der Waals surface area (Å²) in [5.41, 5.74) is 0. The predicted molar refractivity (Wildman–Crippen MR) is 80.1 cm³/mol. The zero-order chi connectivity index (χ0) is 14.2. The van der Waals surface area contributed by atoms with Gasteiger partial charge >= 0.3 is 0 Å². The second kappa shape index (κ2) is 5.78. The lowest BCUT2D eigenvalue weighted by Crippen LogP contribution is -3.15. The molecule has 0 aromatic heterocycles. The van der Waals surface area contributed by atoms with Crippen LogP contribution in [0.3, 0.4) is 0 Å². The van der Waals surface area contributed by atoms with Crippen LogP contribution in [0.15, 0.2) is 12.2 Å². The van der Waals surface area contributed by atoms with Crippen molar-refractivity contribution in [2.45, 2.75) is 26.2 Å². The molecule has 1 saturated heterocycles. The molecule has 1 heterocycles. The summed E-state index contributed by atoms with van der Waals surface area (Å²) in [6, 6.07) is 0. The monoisotopic (exact) mass is 299 g/mol. The van der Waals surface area contributed by atoms with E-state index in [4.69, 9.17) is 0 Å². The normalized spacial score (nSPS) is 35.0. The van der Waals surface area contributed by atoms with Crippen molar-refractivity contribution in [3.05, 3.63) is 12.2 Å². The summed E-state index contributed by atoms with van der Waals surface area (Å²) in [5, 5.41) is 0. The third-order valence-corrected chi connectivity index (χ3v) is 7.33. The number of nitrogens with zero attached hydrogens (tertiary/aromatic N) is 1. The molecule has 0 amide bonds. The number of nitrogens with one attached hydrogen (secondary N) is 1. The highest BCUT2D eigenvalue weighted by Gasteiger charge is 2.38. The number of rotatable bonds is 5. The van der Waals surface area contributed by atoms with E-state index in [1.54, 1.807) is 9.21 Å². The van der Waals surface area contributed by atoms with Crippen molar-refractivity contribution in [1.29, 1.82) is 0 Å². The van der Waals surface area contributed by atoms with Crippen LogP contribution in [-0.4, -0.2) is 51.2 Å². The van der Waals surface area contributed by atoms with E-state index >= 15 is 0 Å². The van der Waals surface area contributed by atoms with E-state index in [1.807, 2.05) is 6.92 Å². The first-order valence-corrected chi connectivity index (χ1v) is 9.69. The summed E-state index contributed by atoms with van der Waals surface area (Å²) in [6.45, 7) is 6.58. The molecule has 20 heavy (non-hydrogen) atoms. The highest BCUT2D eigenvalue weighted by Crippen LogP contribution is 2.42. The highest BCUT2D eigenvalue weighted by molar-refractivity contribution is 7.89.